The molecule has 7 rings (SSSR count). The van der Waals surface area contributed by atoms with Gasteiger partial charge in [0.2, 0.25) is 4.96 Å². The molecule has 0 saturated heterocycles. The van der Waals surface area contributed by atoms with Gasteiger partial charge in [-0.15, -0.1) is 10.2 Å². The molecule has 4 saturated carbocycles. The standard InChI is InChI=1S/C19H19FN4S/c20-15-3-1-2-14(7-15)16-23-24-17(21-22-18(24)25-16)19-8-11-4-12(9-19)6-13(5-11)10-19/h1-3,7,11-13H,4-6,8-10H2. The molecule has 4 aliphatic rings. The molecule has 4 bridgehead atoms. The highest BCUT2D eigenvalue weighted by atomic mass is 32.1. The summed E-state index contributed by atoms with van der Waals surface area (Å²) in [4.78, 5) is 0.824. The van der Waals surface area contributed by atoms with E-state index in [2.05, 4.69) is 10.2 Å². The van der Waals surface area contributed by atoms with Crippen molar-refractivity contribution in [3.05, 3.63) is 35.9 Å². The second kappa shape index (κ2) is 4.87. The van der Waals surface area contributed by atoms with E-state index in [4.69, 9.17) is 5.10 Å². The van der Waals surface area contributed by atoms with Gasteiger partial charge in [0, 0.05) is 11.0 Å². The number of benzene rings is 1. The number of hydrogen-bond donors (Lipinski definition) is 0. The fraction of sp³-hybridized carbons (Fsp3) is 0.526. The Morgan fingerprint density at radius 3 is 2.44 bits per heavy atom. The van der Waals surface area contributed by atoms with Crippen LogP contribution in [0.1, 0.15) is 44.3 Å². The van der Waals surface area contributed by atoms with E-state index < -0.39 is 0 Å². The maximum Gasteiger partial charge on any atom is 0.235 e. The zero-order chi connectivity index (χ0) is 16.6. The predicted octanol–water partition coefficient (Wildman–Crippen LogP) is 4.46. The molecule has 6 heteroatoms. The van der Waals surface area contributed by atoms with Gasteiger partial charge in [-0.1, -0.05) is 23.5 Å². The van der Waals surface area contributed by atoms with Gasteiger partial charge in [-0.25, -0.2) is 4.39 Å². The van der Waals surface area contributed by atoms with Gasteiger partial charge in [-0.2, -0.15) is 9.61 Å². The first-order valence-electron chi connectivity index (χ1n) is 9.17. The molecule has 0 radical (unpaired) electrons. The van der Waals surface area contributed by atoms with Gasteiger partial charge < -0.3 is 0 Å². The SMILES string of the molecule is Fc1cccc(-c2nn3c(C45CC6CC(CC(C6)C4)C5)nnc3s2)c1. The number of nitrogens with zero attached hydrogens (tertiary/aromatic N) is 4. The summed E-state index contributed by atoms with van der Waals surface area (Å²) in [6.45, 7) is 0. The highest BCUT2D eigenvalue weighted by Gasteiger charge is 2.54. The quantitative estimate of drug-likeness (QED) is 0.682. The lowest BCUT2D eigenvalue weighted by Crippen LogP contribution is -2.49. The molecule has 3 aromatic rings. The van der Waals surface area contributed by atoms with E-state index in [1.54, 1.807) is 6.07 Å². The summed E-state index contributed by atoms with van der Waals surface area (Å²) in [5, 5.41) is 14.6. The monoisotopic (exact) mass is 354 g/mol. The normalized spacial score (nSPS) is 33.4. The van der Waals surface area contributed by atoms with Gasteiger partial charge in [0.05, 0.1) is 0 Å². The Hall–Kier alpha value is -1.82. The predicted molar refractivity (Wildman–Crippen MR) is 93.9 cm³/mol. The lowest BCUT2D eigenvalue weighted by Gasteiger charge is -2.55. The molecule has 4 nitrogen and oxygen atoms in total. The van der Waals surface area contributed by atoms with Crippen LogP contribution < -0.4 is 0 Å². The summed E-state index contributed by atoms with van der Waals surface area (Å²) in [7, 11) is 0. The first-order valence-corrected chi connectivity index (χ1v) is 9.99. The number of aromatic nitrogens is 4. The lowest BCUT2D eigenvalue weighted by molar-refractivity contribution is -0.0103. The van der Waals surface area contributed by atoms with E-state index in [1.165, 1.54) is 62.0 Å². The summed E-state index contributed by atoms with van der Waals surface area (Å²) in [5.41, 5.74) is 0.980. The third-order valence-electron chi connectivity index (χ3n) is 6.58. The molecule has 0 atom stereocenters. The minimum absolute atomic E-state index is 0.168. The van der Waals surface area contributed by atoms with Crippen LogP contribution in [0.4, 0.5) is 4.39 Å². The molecule has 2 heterocycles. The summed E-state index contributed by atoms with van der Waals surface area (Å²) in [6.07, 6.45) is 7.96. The van der Waals surface area contributed by atoms with E-state index in [9.17, 15) is 4.39 Å². The summed E-state index contributed by atoms with van der Waals surface area (Å²) in [5.74, 6) is 3.41. The Kier molecular flexibility index (Phi) is 2.80. The van der Waals surface area contributed by atoms with Crippen LogP contribution in [-0.4, -0.2) is 19.8 Å². The van der Waals surface area contributed by atoms with Crippen molar-refractivity contribution in [1.82, 2.24) is 19.8 Å². The maximum atomic E-state index is 13.6. The summed E-state index contributed by atoms with van der Waals surface area (Å²) >= 11 is 1.50. The van der Waals surface area contributed by atoms with Crippen LogP contribution in [-0.2, 0) is 5.41 Å². The Bertz CT molecular complexity index is 940. The maximum absolute atomic E-state index is 13.6. The Labute approximate surface area is 149 Å². The molecule has 128 valence electrons. The minimum atomic E-state index is -0.232. The van der Waals surface area contributed by atoms with Gasteiger partial charge in [-0.3, -0.25) is 0 Å². The Morgan fingerprint density at radius 1 is 1.04 bits per heavy atom. The van der Waals surface area contributed by atoms with Crippen LogP contribution in [0.2, 0.25) is 0 Å². The van der Waals surface area contributed by atoms with Crippen molar-refractivity contribution in [3.8, 4) is 10.6 Å². The van der Waals surface area contributed by atoms with Crippen LogP contribution >= 0.6 is 11.3 Å². The van der Waals surface area contributed by atoms with E-state index in [0.29, 0.717) is 0 Å². The number of rotatable bonds is 2. The fourth-order valence-electron chi connectivity index (χ4n) is 6.07. The molecular weight excluding hydrogens is 335 g/mol. The van der Waals surface area contributed by atoms with Crippen molar-refractivity contribution in [3.63, 3.8) is 0 Å². The van der Waals surface area contributed by atoms with Crippen LogP contribution in [0.5, 0.6) is 0 Å². The molecule has 0 spiro atoms. The first-order chi connectivity index (χ1) is 12.2. The van der Waals surface area contributed by atoms with Gasteiger partial charge >= 0.3 is 0 Å². The molecule has 4 fully saturated rings. The van der Waals surface area contributed by atoms with Gasteiger partial charge in [0.1, 0.15) is 10.8 Å². The van der Waals surface area contributed by atoms with Gasteiger partial charge in [-0.05, 0) is 68.4 Å². The molecular formula is C19H19FN4S. The van der Waals surface area contributed by atoms with Crippen molar-refractivity contribution in [2.75, 3.05) is 0 Å². The Morgan fingerprint density at radius 2 is 1.76 bits per heavy atom. The zero-order valence-electron chi connectivity index (χ0n) is 13.9. The molecule has 4 aliphatic carbocycles. The molecule has 2 aromatic heterocycles. The second-order valence-electron chi connectivity index (χ2n) is 8.33. The van der Waals surface area contributed by atoms with Crippen molar-refractivity contribution in [1.29, 1.82) is 0 Å². The van der Waals surface area contributed by atoms with E-state index in [-0.39, 0.29) is 11.2 Å². The molecule has 0 unspecified atom stereocenters. The van der Waals surface area contributed by atoms with Crippen LogP contribution in [0, 0.1) is 23.6 Å². The average molecular weight is 354 g/mol. The van der Waals surface area contributed by atoms with E-state index in [0.717, 1.165) is 39.1 Å². The van der Waals surface area contributed by atoms with Crippen LogP contribution in [0.15, 0.2) is 24.3 Å². The molecule has 0 amide bonds. The first kappa shape index (κ1) is 14.4. The van der Waals surface area contributed by atoms with Crippen LogP contribution in [0.3, 0.4) is 0 Å². The highest BCUT2D eigenvalue weighted by molar-refractivity contribution is 7.19. The van der Waals surface area contributed by atoms with Gasteiger partial charge in [0.15, 0.2) is 5.82 Å². The molecule has 25 heavy (non-hydrogen) atoms. The number of halogens is 1. The topological polar surface area (TPSA) is 43.1 Å². The smallest absolute Gasteiger partial charge is 0.207 e. The van der Waals surface area contributed by atoms with Crippen LogP contribution in [0.25, 0.3) is 15.5 Å². The fourth-order valence-corrected chi connectivity index (χ4v) is 6.91. The van der Waals surface area contributed by atoms with Crippen molar-refractivity contribution in [2.24, 2.45) is 17.8 Å². The average Bonchev–Trinajstić information content (AvgIpc) is 3.13. The largest absolute Gasteiger partial charge is 0.235 e. The van der Waals surface area contributed by atoms with Crippen molar-refractivity contribution in [2.45, 2.75) is 43.9 Å². The van der Waals surface area contributed by atoms with E-state index in [1.807, 2.05) is 10.6 Å². The molecule has 0 aliphatic heterocycles. The second-order valence-corrected chi connectivity index (χ2v) is 9.29. The van der Waals surface area contributed by atoms with Gasteiger partial charge in [0.25, 0.3) is 0 Å². The lowest BCUT2D eigenvalue weighted by atomic mass is 9.49. The van der Waals surface area contributed by atoms with Crippen molar-refractivity contribution < 1.29 is 4.39 Å². The summed E-state index contributed by atoms with van der Waals surface area (Å²) in [6, 6.07) is 6.63. The summed E-state index contributed by atoms with van der Waals surface area (Å²) < 4.78 is 15.5. The van der Waals surface area contributed by atoms with E-state index >= 15 is 0 Å². The molecule has 0 N–H and O–H groups in total. The molecule has 1 aromatic carbocycles. The third kappa shape index (κ3) is 2.06. The number of hydrogen-bond acceptors (Lipinski definition) is 4. The minimum Gasteiger partial charge on any atom is -0.207 e. The van der Waals surface area contributed by atoms with Crippen molar-refractivity contribution >= 4 is 16.3 Å². The zero-order valence-corrected chi connectivity index (χ0v) is 14.7. The highest BCUT2D eigenvalue weighted by Crippen LogP contribution is 2.60. The third-order valence-corrected chi connectivity index (χ3v) is 7.52. The number of fused-ring (bicyclic) bond motifs is 1. The Balaban J connectivity index is 1.47.